The molecule has 31 heavy (non-hydrogen) atoms. The van der Waals surface area contributed by atoms with Crippen LogP contribution in [0.25, 0.3) is 4.91 Å². The molecule has 1 aromatic rings. The molecule has 2 saturated heterocycles. The smallest absolute Gasteiger partial charge is 0.285 e. The van der Waals surface area contributed by atoms with Gasteiger partial charge in [-0.1, -0.05) is 38.1 Å². The van der Waals surface area contributed by atoms with Crippen LogP contribution in [-0.2, 0) is 19.6 Å². The number of likely N-dealkylation sites (tertiary alicyclic amines) is 1. The van der Waals surface area contributed by atoms with E-state index in [4.69, 9.17) is 4.74 Å². The van der Waals surface area contributed by atoms with Gasteiger partial charge in [0.25, 0.3) is 10.0 Å². The summed E-state index contributed by atoms with van der Waals surface area (Å²) in [6.07, 6.45) is 2.32. The van der Waals surface area contributed by atoms with Gasteiger partial charge in [-0.2, -0.15) is 8.42 Å². The molecule has 1 atom stereocenters. The quantitative estimate of drug-likeness (QED) is 0.770. The predicted octanol–water partition coefficient (Wildman–Crippen LogP) is 2.90. The molecule has 1 amide bonds. The molecule has 0 aromatic heterocycles. The molecule has 0 unspecified atom stereocenters. The Bertz CT molecular complexity index is 998. The van der Waals surface area contributed by atoms with E-state index in [1.807, 2.05) is 36.1 Å². The maximum atomic E-state index is 12.9. The van der Waals surface area contributed by atoms with Gasteiger partial charge < -0.3 is 15.0 Å². The van der Waals surface area contributed by atoms with E-state index in [9.17, 15) is 13.2 Å². The van der Waals surface area contributed by atoms with Crippen LogP contribution in [0.2, 0.25) is 0 Å². The highest BCUT2D eigenvalue weighted by atomic mass is 32.2. The summed E-state index contributed by atoms with van der Waals surface area (Å²) in [5, 5.41) is 3.13. The van der Waals surface area contributed by atoms with Gasteiger partial charge in [-0.25, -0.2) is 0 Å². The van der Waals surface area contributed by atoms with Gasteiger partial charge >= 0.3 is 0 Å². The molecule has 0 spiro atoms. The zero-order valence-corrected chi connectivity index (χ0v) is 19.2. The Morgan fingerprint density at radius 2 is 1.84 bits per heavy atom. The summed E-state index contributed by atoms with van der Waals surface area (Å²) in [5.41, 5.74) is 2.55. The fourth-order valence-electron chi connectivity index (χ4n) is 4.50. The Hall–Kier alpha value is -2.19. The van der Waals surface area contributed by atoms with E-state index >= 15 is 0 Å². The summed E-state index contributed by atoms with van der Waals surface area (Å²) in [7, 11) is -3.72. The van der Waals surface area contributed by atoms with E-state index in [0.717, 1.165) is 19.3 Å². The van der Waals surface area contributed by atoms with Crippen LogP contribution >= 0.6 is 0 Å². The first-order valence-corrected chi connectivity index (χ1v) is 12.5. The fraction of sp³-hybridized carbons (Fsp3) is 0.565. The van der Waals surface area contributed by atoms with E-state index in [1.165, 1.54) is 5.56 Å². The van der Waals surface area contributed by atoms with Crippen LogP contribution in [0.15, 0.2) is 34.2 Å². The van der Waals surface area contributed by atoms with Crippen molar-refractivity contribution in [2.45, 2.75) is 52.0 Å². The number of piperidine rings is 1. The van der Waals surface area contributed by atoms with Crippen molar-refractivity contribution in [1.29, 1.82) is 0 Å². The standard InChI is InChI=1S/C23H31N3O4S/c1-15(2)17-4-6-18(7-5-17)21-16(3)22(25-31(21,28)29)26-11-8-20(9-12-26)24-23(27)19-10-13-30-14-19/h4-7,15,19-20H,8-14H2,1-3H3,(H,24,27)/t19-/m0/s1. The van der Waals surface area contributed by atoms with Gasteiger partial charge in [-0.15, -0.1) is 4.40 Å². The minimum atomic E-state index is -3.72. The van der Waals surface area contributed by atoms with Gasteiger partial charge in [0.2, 0.25) is 5.91 Å². The molecule has 0 radical (unpaired) electrons. The third-order valence-electron chi connectivity index (χ3n) is 6.42. The van der Waals surface area contributed by atoms with Crippen molar-refractivity contribution < 1.29 is 17.9 Å². The highest BCUT2D eigenvalue weighted by molar-refractivity contribution is 8.00. The third kappa shape index (κ3) is 4.55. The van der Waals surface area contributed by atoms with E-state index in [-0.39, 0.29) is 17.9 Å². The van der Waals surface area contributed by atoms with E-state index in [2.05, 4.69) is 23.6 Å². The topological polar surface area (TPSA) is 88.1 Å². The van der Waals surface area contributed by atoms with Gasteiger partial charge in [-0.3, -0.25) is 4.79 Å². The Labute approximate surface area is 184 Å². The molecular formula is C23H31N3O4S. The Morgan fingerprint density at radius 1 is 1.16 bits per heavy atom. The summed E-state index contributed by atoms with van der Waals surface area (Å²) in [5.74, 6) is 0.952. The first kappa shape index (κ1) is 22.0. The average Bonchev–Trinajstić information content (AvgIpc) is 3.35. The lowest BCUT2D eigenvalue weighted by atomic mass is 10.00. The first-order chi connectivity index (χ1) is 14.8. The van der Waals surface area contributed by atoms with Gasteiger partial charge in [0.15, 0.2) is 0 Å². The number of hydrogen-bond acceptors (Lipinski definition) is 5. The molecule has 168 valence electrons. The zero-order chi connectivity index (χ0) is 22.2. The van der Waals surface area contributed by atoms with Crippen molar-refractivity contribution in [2.24, 2.45) is 10.3 Å². The van der Waals surface area contributed by atoms with Crippen molar-refractivity contribution >= 4 is 26.7 Å². The van der Waals surface area contributed by atoms with Crippen molar-refractivity contribution in [3.05, 3.63) is 41.0 Å². The number of ether oxygens (including phenoxy) is 1. The number of amides is 1. The normalized spacial score (nSPS) is 24.1. The molecule has 1 N–H and O–H groups in total. The molecular weight excluding hydrogens is 414 g/mol. The van der Waals surface area contributed by atoms with Crippen LogP contribution < -0.4 is 5.32 Å². The molecule has 1 aromatic carbocycles. The Kier molecular flexibility index (Phi) is 6.21. The molecule has 7 nitrogen and oxygen atoms in total. The number of carbonyl (C=O) groups excluding carboxylic acids is 1. The van der Waals surface area contributed by atoms with Crippen LogP contribution in [-0.4, -0.2) is 57.4 Å². The van der Waals surface area contributed by atoms with Gasteiger partial charge in [0, 0.05) is 31.3 Å². The number of nitrogens with one attached hydrogen (secondary N) is 1. The van der Waals surface area contributed by atoms with Crippen molar-refractivity contribution in [3.8, 4) is 0 Å². The van der Waals surface area contributed by atoms with Crippen LogP contribution in [0, 0.1) is 5.92 Å². The molecule has 0 saturated carbocycles. The van der Waals surface area contributed by atoms with Crippen molar-refractivity contribution in [1.82, 2.24) is 10.2 Å². The number of rotatable bonds is 4. The summed E-state index contributed by atoms with van der Waals surface area (Å²) >= 11 is 0. The number of nitrogens with zero attached hydrogens (tertiary/aromatic N) is 2. The minimum Gasteiger partial charge on any atom is -0.381 e. The summed E-state index contributed by atoms with van der Waals surface area (Å²) in [4.78, 5) is 14.7. The van der Waals surface area contributed by atoms with E-state index < -0.39 is 10.0 Å². The molecule has 3 heterocycles. The predicted molar refractivity (Wildman–Crippen MR) is 121 cm³/mol. The van der Waals surface area contributed by atoms with Crippen LogP contribution in [0.4, 0.5) is 0 Å². The Balaban J connectivity index is 1.44. The molecule has 0 aliphatic carbocycles. The number of amidine groups is 1. The second-order valence-electron chi connectivity index (χ2n) is 8.95. The van der Waals surface area contributed by atoms with E-state index in [1.54, 1.807) is 0 Å². The lowest BCUT2D eigenvalue weighted by molar-refractivity contribution is -0.125. The number of carbonyl (C=O) groups is 1. The second kappa shape index (κ2) is 8.74. The maximum absolute atomic E-state index is 12.9. The molecule has 4 rings (SSSR count). The highest BCUT2D eigenvalue weighted by Crippen LogP contribution is 2.35. The van der Waals surface area contributed by atoms with Gasteiger partial charge in [0.05, 0.1) is 12.5 Å². The Morgan fingerprint density at radius 3 is 2.42 bits per heavy atom. The molecule has 3 aliphatic rings. The number of sulfonamides is 1. The fourth-order valence-corrected chi connectivity index (χ4v) is 5.98. The van der Waals surface area contributed by atoms with Gasteiger partial charge in [-0.05, 0) is 43.2 Å². The molecule has 8 heteroatoms. The summed E-state index contributed by atoms with van der Waals surface area (Å²) < 4.78 is 35.1. The average molecular weight is 446 g/mol. The van der Waals surface area contributed by atoms with Crippen LogP contribution in [0.1, 0.15) is 57.1 Å². The van der Waals surface area contributed by atoms with Crippen LogP contribution in [0.3, 0.4) is 0 Å². The largest absolute Gasteiger partial charge is 0.381 e. The van der Waals surface area contributed by atoms with Crippen LogP contribution in [0.5, 0.6) is 0 Å². The van der Waals surface area contributed by atoms with Gasteiger partial charge in [0.1, 0.15) is 10.7 Å². The summed E-state index contributed by atoms with van der Waals surface area (Å²) in [6, 6.07) is 7.82. The van der Waals surface area contributed by atoms with E-state index in [0.29, 0.717) is 54.1 Å². The molecule has 2 fully saturated rings. The monoisotopic (exact) mass is 445 g/mol. The van der Waals surface area contributed by atoms with Crippen molar-refractivity contribution in [3.63, 3.8) is 0 Å². The number of benzene rings is 1. The first-order valence-electron chi connectivity index (χ1n) is 11.1. The maximum Gasteiger partial charge on any atom is 0.285 e. The summed E-state index contributed by atoms with van der Waals surface area (Å²) in [6.45, 7) is 8.54. The third-order valence-corrected chi connectivity index (χ3v) is 7.89. The lowest BCUT2D eigenvalue weighted by Crippen LogP contribution is -2.48. The zero-order valence-electron chi connectivity index (χ0n) is 18.4. The molecule has 3 aliphatic heterocycles. The molecule has 0 bridgehead atoms. The SMILES string of the molecule is CC1=C(c2ccc(C(C)C)cc2)S(=O)(=O)N=C1N1CCC(NC(=O)[C@H]2CCOC2)CC1. The number of hydrogen-bond donors (Lipinski definition) is 1. The van der Waals surface area contributed by atoms with Crippen molar-refractivity contribution in [2.75, 3.05) is 26.3 Å². The lowest BCUT2D eigenvalue weighted by Gasteiger charge is -2.34. The minimum absolute atomic E-state index is 0.0443. The second-order valence-corrected chi connectivity index (χ2v) is 10.5. The highest BCUT2D eigenvalue weighted by Gasteiger charge is 2.35.